The van der Waals surface area contributed by atoms with Crippen LogP contribution < -0.4 is 5.32 Å². The van der Waals surface area contributed by atoms with Gasteiger partial charge in [-0.05, 0) is 39.4 Å². The molecule has 4 nitrogen and oxygen atoms in total. The Kier molecular flexibility index (Phi) is 4.38. The average Bonchev–Trinajstić information content (AvgIpc) is 2.85. The fourth-order valence-electron chi connectivity index (χ4n) is 3.43. The molecule has 1 atom stereocenters. The van der Waals surface area contributed by atoms with Crippen LogP contribution in [-0.4, -0.2) is 45.8 Å². The molecule has 2 fully saturated rings. The zero-order chi connectivity index (χ0) is 15.0. The maximum absolute atomic E-state index is 12.7. The Morgan fingerprint density at radius 2 is 1.90 bits per heavy atom. The summed E-state index contributed by atoms with van der Waals surface area (Å²) in [4.78, 5) is 26.8. The van der Waals surface area contributed by atoms with Gasteiger partial charge in [-0.15, -0.1) is 0 Å². The summed E-state index contributed by atoms with van der Waals surface area (Å²) in [5.41, 5.74) is -0.777. The number of carbonyl (C=O) groups excluding carboxylic acids is 2. The van der Waals surface area contributed by atoms with Crippen LogP contribution in [-0.2, 0) is 9.59 Å². The van der Waals surface area contributed by atoms with Crippen molar-refractivity contribution < 1.29 is 9.59 Å². The monoisotopic (exact) mass is 298 g/mol. The van der Waals surface area contributed by atoms with Crippen LogP contribution in [0.2, 0.25) is 0 Å². The average molecular weight is 298 g/mol. The van der Waals surface area contributed by atoms with Crippen molar-refractivity contribution in [2.45, 2.75) is 69.2 Å². The third-order valence-corrected chi connectivity index (χ3v) is 6.11. The van der Waals surface area contributed by atoms with Gasteiger partial charge in [0.05, 0.1) is 0 Å². The van der Waals surface area contributed by atoms with E-state index in [1.807, 2.05) is 23.6 Å². The third-order valence-electron chi connectivity index (χ3n) is 4.70. The van der Waals surface area contributed by atoms with Gasteiger partial charge in [-0.1, -0.05) is 19.8 Å². The van der Waals surface area contributed by atoms with Gasteiger partial charge in [0.15, 0.2) is 0 Å². The highest BCUT2D eigenvalue weighted by Gasteiger charge is 2.47. The SMILES string of the molecule is CCC1C(=O)NC(C)(C)C(=O)N1CC1(SC)CCCC1. The molecule has 1 unspecified atom stereocenters. The molecule has 1 saturated carbocycles. The molecular formula is C15H26N2O2S. The second-order valence-corrected chi connectivity index (χ2v) is 7.84. The van der Waals surface area contributed by atoms with E-state index in [2.05, 4.69) is 11.6 Å². The Hall–Kier alpha value is -0.710. The lowest BCUT2D eigenvalue weighted by Gasteiger charge is -2.45. The minimum atomic E-state index is -0.777. The predicted octanol–water partition coefficient (Wildman–Crippen LogP) is 2.18. The molecule has 0 radical (unpaired) electrons. The summed E-state index contributed by atoms with van der Waals surface area (Å²) in [5, 5.41) is 2.85. The molecule has 2 rings (SSSR count). The van der Waals surface area contributed by atoms with E-state index in [-0.39, 0.29) is 22.6 Å². The van der Waals surface area contributed by atoms with E-state index in [4.69, 9.17) is 0 Å². The summed E-state index contributed by atoms with van der Waals surface area (Å²) >= 11 is 1.86. The largest absolute Gasteiger partial charge is 0.340 e. The number of piperazine rings is 1. The van der Waals surface area contributed by atoms with E-state index < -0.39 is 5.54 Å². The molecule has 1 aliphatic carbocycles. The molecule has 2 aliphatic rings. The fraction of sp³-hybridized carbons (Fsp3) is 0.867. The second kappa shape index (κ2) is 5.58. The van der Waals surface area contributed by atoms with E-state index in [1.54, 1.807) is 13.8 Å². The van der Waals surface area contributed by atoms with Crippen LogP contribution in [0.3, 0.4) is 0 Å². The summed E-state index contributed by atoms with van der Waals surface area (Å²) in [5.74, 6) is 0.0515. The number of rotatable bonds is 4. The first-order valence-corrected chi connectivity index (χ1v) is 8.76. The maximum Gasteiger partial charge on any atom is 0.248 e. The Bertz CT molecular complexity index is 403. The molecule has 0 aromatic rings. The highest BCUT2D eigenvalue weighted by molar-refractivity contribution is 8.00. The Labute approximate surface area is 126 Å². The van der Waals surface area contributed by atoms with Gasteiger partial charge < -0.3 is 10.2 Å². The van der Waals surface area contributed by atoms with Gasteiger partial charge in [0.1, 0.15) is 11.6 Å². The van der Waals surface area contributed by atoms with Gasteiger partial charge in [-0.2, -0.15) is 11.8 Å². The van der Waals surface area contributed by atoms with Crippen LogP contribution in [0.5, 0.6) is 0 Å². The first-order chi connectivity index (χ1) is 9.35. The van der Waals surface area contributed by atoms with E-state index >= 15 is 0 Å². The second-order valence-electron chi connectivity index (χ2n) is 6.57. The lowest BCUT2D eigenvalue weighted by atomic mass is 9.93. The van der Waals surface area contributed by atoms with Crippen molar-refractivity contribution in [3.8, 4) is 0 Å². The number of carbonyl (C=O) groups is 2. The minimum Gasteiger partial charge on any atom is -0.340 e. The summed E-state index contributed by atoms with van der Waals surface area (Å²) < 4.78 is 0.150. The molecule has 20 heavy (non-hydrogen) atoms. The van der Waals surface area contributed by atoms with Crippen molar-refractivity contribution in [3.05, 3.63) is 0 Å². The number of nitrogens with one attached hydrogen (secondary N) is 1. The van der Waals surface area contributed by atoms with Crippen LogP contribution in [0, 0.1) is 0 Å². The summed E-state index contributed by atoms with van der Waals surface area (Å²) in [6.45, 7) is 6.28. The molecule has 1 N–H and O–H groups in total. The summed E-state index contributed by atoms with van der Waals surface area (Å²) in [6, 6.07) is -0.305. The quantitative estimate of drug-likeness (QED) is 0.865. The van der Waals surface area contributed by atoms with E-state index in [0.29, 0.717) is 13.0 Å². The normalized spacial score (nSPS) is 28.6. The first kappa shape index (κ1) is 15.7. The lowest BCUT2D eigenvalue weighted by Crippen LogP contribution is -2.69. The zero-order valence-electron chi connectivity index (χ0n) is 13.0. The number of amides is 2. The molecule has 0 spiro atoms. The van der Waals surface area contributed by atoms with Crippen molar-refractivity contribution in [1.82, 2.24) is 10.2 Å². The molecular weight excluding hydrogens is 272 g/mol. The topological polar surface area (TPSA) is 49.4 Å². The van der Waals surface area contributed by atoms with E-state index in [0.717, 1.165) is 12.8 Å². The number of thioether (sulfide) groups is 1. The molecule has 0 bridgehead atoms. The standard InChI is InChI=1S/C15H26N2O2S/c1-5-11-12(18)16-14(2,3)13(19)17(11)10-15(20-4)8-6-7-9-15/h11H,5-10H2,1-4H3,(H,16,18). The van der Waals surface area contributed by atoms with Crippen LogP contribution in [0.25, 0.3) is 0 Å². The number of hydrogen-bond acceptors (Lipinski definition) is 3. The van der Waals surface area contributed by atoms with Gasteiger partial charge in [0.2, 0.25) is 11.8 Å². The summed E-state index contributed by atoms with van der Waals surface area (Å²) in [6.07, 6.45) is 7.57. The van der Waals surface area contributed by atoms with Gasteiger partial charge in [0, 0.05) is 11.3 Å². The van der Waals surface area contributed by atoms with Crippen LogP contribution in [0.1, 0.15) is 52.9 Å². The Morgan fingerprint density at radius 3 is 2.40 bits per heavy atom. The first-order valence-electron chi connectivity index (χ1n) is 7.53. The van der Waals surface area contributed by atoms with Gasteiger partial charge >= 0.3 is 0 Å². The molecule has 0 aromatic carbocycles. The number of nitrogens with zero attached hydrogens (tertiary/aromatic N) is 1. The predicted molar refractivity (Wildman–Crippen MR) is 82.7 cm³/mol. The van der Waals surface area contributed by atoms with E-state index in [9.17, 15) is 9.59 Å². The van der Waals surface area contributed by atoms with Crippen molar-refractivity contribution in [1.29, 1.82) is 0 Å². The molecule has 1 heterocycles. The van der Waals surface area contributed by atoms with Crippen LogP contribution in [0.15, 0.2) is 0 Å². The lowest BCUT2D eigenvalue weighted by molar-refractivity contribution is -0.154. The maximum atomic E-state index is 12.7. The Morgan fingerprint density at radius 1 is 1.30 bits per heavy atom. The molecule has 114 valence electrons. The molecule has 1 saturated heterocycles. The van der Waals surface area contributed by atoms with Crippen molar-refractivity contribution in [2.24, 2.45) is 0 Å². The van der Waals surface area contributed by atoms with Crippen molar-refractivity contribution >= 4 is 23.6 Å². The fourth-order valence-corrected chi connectivity index (χ4v) is 4.40. The van der Waals surface area contributed by atoms with Crippen LogP contribution in [0.4, 0.5) is 0 Å². The molecule has 0 aromatic heterocycles. The highest BCUT2D eigenvalue weighted by atomic mass is 32.2. The molecule has 1 aliphatic heterocycles. The van der Waals surface area contributed by atoms with Crippen LogP contribution >= 0.6 is 11.8 Å². The smallest absolute Gasteiger partial charge is 0.248 e. The molecule has 2 amide bonds. The Balaban J connectivity index is 2.25. The van der Waals surface area contributed by atoms with Gasteiger partial charge in [0.25, 0.3) is 0 Å². The van der Waals surface area contributed by atoms with Crippen molar-refractivity contribution in [2.75, 3.05) is 12.8 Å². The number of hydrogen-bond donors (Lipinski definition) is 1. The molecule has 5 heteroatoms. The summed E-state index contributed by atoms with van der Waals surface area (Å²) in [7, 11) is 0. The van der Waals surface area contributed by atoms with Gasteiger partial charge in [-0.3, -0.25) is 9.59 Å². The zero-order valence-corrected chi connectivity index (χ0v) is 13.8. The van der Waals surface area contributed by atoms with Crippen molar-refractivity contribution in [3.63, 3.8) is 0 Å². The third kappa shape index (κ3) is 2.69. The minimum absolute atomic E-state index is 0.00801. The van der Waals surface area contributed by atoms with Gasteiger partial charge in [-0.25, -0.2) is 0 Å². The van der Waals surface area contributed by atoms with E-state index in [1.165, 1.54) is 12.8 Å². The highest BCUT2D eigenvalue weighted by Crippen LogP contribution is 2.41.